The average molecular weight is 631 g/mol. The Morgan fingerprint density at radius 2 is 1.68 bits per heavy atom. The number of benzene rings is 2. The highest BCUT2D eigenvalue weighted by Crippen LogP contribution is 2.25. The molecule has 1 aliphatic rings. The molecule has 4 heterocycles. The van der Waals surface area contributed by atoms with Crippen LogP contribution in [0, 0.1) is 0 Å². The van der Waals surface area contributed by atoms with Gasteiger partial charge in [-0.2, -0.15) is 10.2 Å². The zero-order chi connectivity index (χ0) is 31.1. The first-order chi connectivity index (χ1) is 21.4. The highest BCUT2D eigenvalue weighted by Gasteiger charge is 2.34. The molecule has 6 rings (SSSR count). The van der Waals surface area contributed by atoms with Gasteiger partial charge in [-0.3, -0.25) is 23.6 Å². The number of thiol groups is 2. The minimum Gasteiger partial charge on any atom is -0.388 e. The second kappa shape index (κ2) is 14.1. The number of hydrogen-bond acceptors (Lipinski definition) is 8. The van der Waals surface area contributed by atoms with E-state index >= 15 is 0 Å². The number of piperidine rings is 1. The minimum atomic E-state index is -1.09. The van der Waals surface area contributed by atoms with Crippen molar-refractivity contribution in [2.45, 2.75) is 44.4 Å². The molecule has 0 unspecified atom stereocenters. The number of nitrogens with zero attached hydrogens (tertiary/aromatic N) is 6. The summed E-state index contributed by atoms with van der Waals surface area (Å²) in [6.45, 7) is 1.57. The fourth-order valence-corrected chi connectivity index (χ4v) is 5.56. The SMILES string of the molecule is O=Cc1cnn(Cc2ccc(-c3ccc4c(=O)n(CC5(O)CCN(C(=O)CCc6ccccc6)CC5)cnn34)cc2)c1.SS. The smallest absolute Gasteiger partial charge is 0.277 e. The number of aryl methyl sites for hydroxylation is 1. The quantitative estimate of drug-likeness (QED) is 0.129. The van der Waals surface area contributed by atoms with E-state index in [0.717, 1.165) is 28.7 Å². The number of carbonyl (C=O) groups excluding carboxylic acids is 2. The Kier molecular flexibility index (Phi) is 10.0. The molecular formula is C32H34N6O4S2. The van der Waals surface area contributed by atoms with Crippen LogP contribution < -0.4 is 5.56 Å². The van der Waals surface area contributed by atoms with E-state index in [0.29, 0.717) is 56.4 Å². The molecule has 5 aromatic rings. The Bertz CT molecular complexity index is 1770. The predicted octanol–water partition coefficient (Wildman–Crippen LogP) is 3.97. The highest BCUT2D eigenvalue weighted by molar-refractivity contribution is 8.59. The predicted molar refractivity (Wildman–Crippen MR) is 175 cm³/mol. The van der Waals surface area contributed by atoms with Crippen LogP contribution in [0.4, 0.5) is 0 Å². The van der Waals surface area contributed by atoms with Gasteiger partial charge in [-0.15, -0.1) is 23.3 Å². The third-order valence-electron chi connectivity index (χ3n) is 8.01. The Balaban J connectivity index is 0.00000188. The summed E-state index contributed by atoms with van der Waals surface area (Å²) in [4.78, 5) is 38.8. The molecule has 228 valence electrons. The maximum Gasteiger partial charge on any atom is 0.277 e. The van der Waals surface area contributed by atoms with Crippen LogP contribution in [0.2, 0.25) is 0 Å². The summed E-state index contributed by atoms with van der Waals surface area (Å²) in [6, 6.07) is 21.4. The number of hydrogen-bond donors (Lipinski definition) is 3. The zero-order valence-corrected chi connectivity index (χ0v) is 25.9. The van der Waals surface area contributed by atoms with Gasteiger partial charge in [-0.05, 0) is 42.5 Å². The lowest BCUT2D eigenvalue weighted by molar-refractivity contribution is -0.135. The summed E-state index contributed by atoms with van der Waals surface area (Å²) in [5.41, 5.74) is 3.47. The molecule has 0 spiro atoms. The van der Waals surface area contributed by atoms with Gasteiger partial charge in [0.15, 0.2) is 6.29 Å². The Labute approximate surface area is 265 Å². The van der Waals surface area contributed by atoms with Crippen LogP contribution in [0.15, 0.2) is 90.2 Å². The number of rotatable bonds is 9. The van der Waals surface area contributed by atoms with Crippen molar-refractivity contribution in [1.82, 2.24) is 28.9 Å². The van der Waals surface area contributed by atoms with E-state index in [1.807, 2.05) is 65.6 Å². The summed E-state index contributed by atoms with van der Waals surface area (Å²) in [7, 11) is 0. The summed E-state index contributed by atoms with van der Waals surface area (Å²) < 4.78 is 4.79. The van der Waals surface area contributed by atoms with E-state index in [-0.39, 0.29) is 18.0 Å². The van der Waals surface area contributed by atoms with Crippen molar-refractivity contribution < 1.29 is 14.7 Å². The standard InChI is InChI=1S/C32H32N6O4.H2S2/c39-21-26-18-33-37(20-26)19-25-6-9-27(10-7-25)28-11-12-29-31(41)36(23-34-38(28)29)22-32(42)14-16-35(17-15-32)30(40)13-8-24-4-2-1-3-5-24;1-2/h1-7,9-12,18,20-21,23,42H,8,13-17,19,22H2;1-2H. The lowest BCUT2D eigenvalue weighted by Crippen LogP contribution is -2.49. The molecule has 0 aliphatic carbocycles. The first-order valence-electron chi connectivity index (χ1n) is 14.3. The Morgan fingerprint density at radius 3 is 2.36 bits per heavy atom. The van der Waals surface area contributed by atoms with Crippen molar-refractivity contribution >= 4 is 41.0 Å². The van der Waals surface area contributed by atoms with Gasteiger partial charge in [-0.1, -0.05) is 54.6 Å². The van der Waals surface area contributed by atoms with Crippen LogP contribution in [-0.4, -0.2) is 64.9 Å². The monoisotopic (exact) mass is 630 g/mol. The van der Waals surface area contributed by atoms with E-state index in [4.69, 9.17) is 0 Å². The maximum atomic E-state index is 13.4. The zero-order valence-electron chi connectivity index (χ0n) is 24.1. The molecule has 0 atom stereocenters. The van der Waals surface area contributed by atoms with Crippen LogP contribution in [0.5, 0.6) is 0 Å². The second-order valence-electron chi connectivity index (χ2n) is 11.0. The van der Waals surface area contributed by atoms with Crippen molar-refractivity contribution in [3.63, 3.8) is 0 Å². The topological polar surface area (TPSA) is 115 Å². The molecular weight excluding hydrogens is 597 g/mol. The van der Waals surface area contributed by atoms with E-state index in [2.05, 4.69) is 33.5 Å². The van der Waals surface area contributed by atoms with Gasteiger partial charge in [0, 0.05) is 31.3 Å². The number of aldehydes is 1. The lowest BCUT2D eigenvalue weighted by Gasteiger charge is -2.38. The Morgan fingerprint density at radius 1 is 0.955 bits per heavy atom. The van der Waals surface area contributed by atoms with Crippen molar-refractivity contribution in [2.75, 3.05) is 13.1 Å². The molecule has 2 aromatic carbocycles. The third kappa shape index (κ3) is 7.15. The van der Waals surface area contributed by atoms with E-state index < -0.39 is 5.60 Å². The third-order valence-corrected chi connectivity index (χ3v) is 8.01. The van der Waals surface area contributed by atoms with Gasteiger partial charge in [-0.25, -0.2) is 4.52 Å². The molecule has 10 nitrogen and oxygen atoms in total. The summed E-state index contributed by atoms with van der Waals surface area (Å²) >= 11 is 6.44. The molecule has 0 radical (unpaired) electrons. The van der Waals surface area contributed by atoms with Gasteiger partial charge in [0.2, 0.25) is 5.91 Å². The van der Waals surface area contributed by atoms with Gasteiger partial charge < -0.3 is 10.0 Å². The Hall–Kier alpha value is -4.13. The fourth-order valence-electron chi connectivity index (χ4n) is 5.56. The number of likely N-dealkylation sites (tertiary alicyclic amines) is 1. The number of aliphatic hydroxyl groups is 1. The van der Waals surface area contributed by atoms with Crippen molar-refractivity contribution in [2.24, 2.45) is 0 Å². The van der Waals surface area contributed by atoms with Crippen molar-refractivity contribution in [3.05, 3.63) is 112 Å². The van der Waals surface area contributed by atoms with Gasteiger partial charge >= 0.3 is 0 Å². The minimum absolute atomic E-state index is 0.0864. The van der Waals surface area contributed by atoms with Crippen LogP contribution in [0.1, 0.15) is 40.7 Å². The van der Waals surface area contributed by atoms with E-state index in [1.165, 1.54) is 17.1 Å². The van der Waals surface area contributed by atoms with Gasteiger partial charge in [0.1, 0.15) is 11.8 Å². The van der Waals surface area contributed by atoms with Gasteiger partial charge in [0.25, 0.3) is 5.56 Å². The van der Waals surface area contributed by atoms with Crippen LogP contribution in [0.3, 0.4) is 0 Å². The van der Waals surface area contributed by atoms with E-state index in [9.17, 15) is 19.5 Å². The van der Waals surface area contributed by atoms with Crippen LogP contribution in [0.25, 0.3) is 16.8 Å². The summed E-state index contributed by atoms with van der Waals surface area (Å²) in [6.07, 6.45) is 7.40. The van der Waals surface area contributed by atoms with E-state index in [1.54, 1.807) is 21.5 Å². The summed E-state index contributed by atoms with van der Waals surface area (Å²) in [5.74, 6) is 0.0864. The molecule has 1 aliphatic heterocycles. The summed E-state index contributed by atoms with van der Waals surface area (Å²) in [5, 5.41) is 20.0. The number of aromatic nitrogens is 5. The molecule has 0 bridgehead atoms. The first kappa shape index (κ1) is 31.3. The molecule has 1 amide bonds. The second-order valence-corrected chi connectivity index (χ2v) is 11.0. The van der Waals surface area contributed by atoms with Crippen LogP contribution >= 0.6 is 23.3 Å². The maximum absolute atomic E-state index is 13.4. The molecule has 0 saturated carbocycles. The van der Waals surface area contributed by atoms with Crippen molar-refractivity contribution in [1.29, 1.82) is 0 Å². The molecule has 12 heteroatoms. The molecule has 1 saturated heterocycles. The van der Waals surface area contributed by atoms with Crippen molar-refractivity contribution in [3.8, 4) is 11.3 Å². The largest absolute Gasteiger partial charge is 0.388 e. The fraction of sp³-hybridized carbons (Fsp3) is 0.281. The number of fused-ring (bicyclic) bond motifs is 1. The van der Waals surface area contributed by atoms with Crippen LogP contribution in [-0.2, 0) is 24.3 Å². The first-order valence-corrected chi connectivity index (χ1v) is 15.9. The normalized spacial score (nSPS) is 14.2. The molecule has 44 heavy (non-hydrogen) atoms. The van der Waals surface area contributed by atoms with Gasteiger partial charge in [0.05, 0.1) is 36.1 Å². The average Bonchev–Trinajstić information content (AvgIpc) is 3.71. The molecule has 1 fully saturated rings. The lowest BCUT2D eigenvalue weighted by atomic mass is 9.91. The molecule has 1 N–H and O–H groups in total. The molecule has 3 aromatic heterocycles. The number of amides is 1. The highest BCUT2D eigenvalue weighted by atomic mass is 33.1. The number of carbonyl (C=O) groups is 2.